The lowest BCUT2D eigenvalue weighted by Gasteiger charge is -2.33. The molecule has 3 rings (SSSR count). The van der Waals surface area contributed by atoms with E-state index in [1.165, 1.54) is 25.1 Å². The molecule has 0 spiro atoms. The summed E-state index contributed by atoms with van der Waals surface area (Å²) in [7, 11) is 0. The molecule has 2 aromatic rings. The van der Waals surface area contributed by atoms with Gasteiger partial charge in [0.1, 0.15) is 11.3 Å². The quantitative estimate of drug-likeness (QED) is 0.127. The second-order valence-corrected chi connectivity index (χ2v) is 10.1. The first-order valence-electron chi connectivity index (χ1n) is 12.7. The summed E-state index contributed by atoms with van der Waals surface area (Å²) >= 11 is 0. The number of aliphatic hydroxyl groups is 1. The second-order valence-electron chi connectivity index (χ2n) is 10.1. The zero-order valence-corrected chi connectivity index (χ0v) is 22.4. The summed E-state index contributed by atoms with van der Waals surface area (Å²) in [5, 5.41) is 31.7. The van der Waals surface area contributed by atoms with Gasteiger partial charge in [-0.2, -0.15) is 26.3 Å². The molecule has 8 nitrogen and oxygen atoms in total. The van der Waals surface area contributed by atoms with Gasteiger partial charge in [-0.25, -0.2) is 4.79 Å². The summed E-state index contributed by atoms with van der Waals surface area (Å²) in [4.78, 5) is 26.9. The number of benzene rings is 2. The third-order valence-electron chi connectivity index (χ3n) is 7.06. The van der Waals surface area contributed by atoms with Crippen molar-refractivity contribution in [1.29, 1.82) is 0 Å². The van der Waals surface area contributed by atoms with Crippen LogP contribution < -0.4 is 10.1 Å². The first-order chi connectivity index (χ1) is 18.9. The number of phenols is 2. The number of nitrogens with zero attached hydrogens (tertiary/aromatic N) is 1. The van der Waals surface area contributed by atoms with Gasteiger partial charge in [0.25, 0.3) is 11.5 Å². The molecular weight excluding hydrogens is 562 g/mol. The standard InChI is InChI=1S/C27H30F6N2O6/c1-4-6-16-13-18(25(40,26(28,29)30)27(31,32)33)9-11-21(16)41-12-5-7-15(2)35-22(38)24(3,34-23(35)39)17-8-10-19(36)20(37)14-17/h8-11,13-15,36-37,40H,4-7,12H2,1-3H3,(H,34,39). The summed E-state index contributed by atoms with van der Waals surface area (Å²) in [6.45, 7) is 4.70. The Morgan fingerprint density at radius 1 is 1.00 bits per heavy atom. The number of halogens is 6. The van der Waals surface area contributed by atoms with Crippen LogP contribution in [0.2, 0.25) is 0 Å². The smallest absolute Gasteiger partial charge is 0.430 e. The number of aryl methyl sites for hydroxylation is 1. The molecule has 1 aliphatic heterocycles. The molecule has 1 saturated heterocycles. The van der Waals surface area contributed by atoms with E-state index in [4.69, 9.17) is 4.74 Å². The first-order valence-corrected chi connectivity index (χ1v) is 12.7. The largest absolute Gasteiger partial charge is 0.504 e. The molecule has 0 aromatic heterocycles. The van der Waals surface area contributed by atoms with Gasteiger partial charge in [-0.3, -0.25) is 9.69 Å². The van der Waals surface area contributed by atoms with Crippen LogP contribution in [0, 0.1) is 0 Å². The molecule has 0 bridgehead atoms. The highest BCUT2D eigenvalue weighted by Crippen LogP contribution is 2.50. The second kappa shape index (κ2) is 11.3. The van der Waals surface area contributed by atoms with E-state index >= 15 is 0 Å². The molecular formula is C27H30F6N2O6. The van der Waals surface area contributed by atoms with Gasteiger partial charge in [0.15, 0.2) is 11.5 Å². The number of imide groups is 1. The van der Waals surface area contributed by atoms with E-state index in [-0.39, 0.29) is 42.7 Å². The van der Waals surface area contributed by atoms with E-state index in [9.17, 15) is 51.3 Å². The third kappa shape index (κ3) is 5.88. The first kappa shape index (κ1) is 31.8. The highest BCUT2D eigenvalue weighted by molar-refractivity contribution is 6.07. The van der Waals surface area contributed by atoms with Crippen molar-refractivity contribution in [2.24, 2.45) is 0 Å². The Hall–Kier alpha value is -3.68. The number of nitrogens with one attached hydrogen (secondary N) is 1. The Morgan fingerprint density at radius 2 is 1.63 bits per heavy atom. The summed E-state index contributed by atoms with van der Waals surface area (Å²) in [6.07, 6.45) is -11.1. The van der Waals surface area contributed by atoms with Crippen molar-refractivity contribution in [3.63, 3.8) is 0 Å². The molecule has 14 heteroatoms. The van der Waals surface area contributed by atoms with E-state index in [1.54, 1.807) is 13.8 Å². The fourth-order valence-electron chi connectivity index (χ4n) is 4.68. The Labute approximate surface area is 231 Å². The van der Waals surface area contributed by atoms with Crippen molar-refractivity contribution < 1.29 is 56.0 Å². The summed E-state index contributed by atoms with van der Waals surface area (Å²) in [6, 6.07) is 4.54. The van der Waals surface area contributed by atoms with Gasteiger partial charge in [-0.1, -0.05) is 25.5 Å². The molecule has 4 N–H and O–H groups in total. The molecule has 0 radical (unpaired) electrons. The Bertz CT molecular complexity index is 1280. The number of amides is 3. The number of hydrogen-bond acceptors (Lipinski definition) is 6. The molecule has 41 heavy (non-hydrogen) atoms. The molecule has 2 atom stereocenters. The average Bonchev–Trinajstić information content (AvgIpc) is 3.10. The van der Waals surface area contributed by atoms with Crippen LogP contribution in [0.1, 0.15) is 56.7 Å². The van der Waals surface area contributed by atoms with Gasteiger partial charge in [0, 0.05) is 11.6 Å². The number of aromatic hydroxyl groups is 2. The molecule has 1 aliphatic rings. The Morgan fingerprint density at radius 3 is 2.20 bits per heavy atom. The van der Waals surface area contributed by atoms with Crippen LogP contribution in [0.5, 0.6) is 17.2 Å². The zero-order valence-electron chi connectivity index (χ0n) is 22.4. The monoisotopic (exact) mass is 592 g/mol. The van der Waals surface area contributed by atoms with Crippen LogP contribution in [-0.4, -0.2) is 57.2 Å². The van der Waals surface area contributed by atoms with Crippen molar-refractivity contribution in [2.45, 2.75) is 76.0 Å². The molecule has 3 amide bonds. The van der Waals surface area contributed by atoms with Gasteiger partial charge >= 0.3 is 18.4 Å². The minimum atomic E-state index is -6.01. The van der Waals surface area contributed by atoms with Crippen molar-refractivity contribution in [3.05, 3.63) is 53.1 Å². The maximum Gasteiger partial charge on any atom is 0.430 e. The number of alkyl halides is 6. The van der Waals surface area contributed by atoms with Gasteiger partial charge in [-0.15, -0.1) is 0 Å². The Balaban J connectivity index is 1.69. The average molecular weight is 593 g/mol. The van der Waals surface area contributed by atoms with Gasteiger partial charge in [0.05, 0.1) is 6.61 Å². The Kier molecular flexibility index (Phi) is 8.78. The number of carbonyl (C=O) groups is 2. The van der Waals surface area contributed by atoms with E-state index in [0.717, 1.165) is 11.0 Å². The van der Waals surface area contributed by atoms with Crippen molar-refractivity contribution in [1.82, 2.24) is 10.2 Å². The maximum atomic E-state index is 13.3. The van der Waals surface area contributed by atoms with Crippen molar-refractivity contribution >= 4 is 11.9 Å². The number of carbonyl (C=O) groups excluding carboxylic acids is 2. The van der Waals surface area contributed by atoms with E-state index in [0.29, 0.717) is 18.6 Å². The molecule has 2 unspecified atom stereocenters. The summed E-state index contributed by atoms with van der Waals surface area (Å²) < 4.78 is 85.5. The number of phenolic OH excluding ortho intramolecular Hbond substituents is 2. The van der Waals surface area contributed by atoms with Crippen LogP contribution in [0.25, 0.3) is 0 Å². The third-order valence-corrected chi connectivity index (χ3v) is 7.06. The molecule has 226 valence electrons. The minimum Gasteiger partial charge on any atom is -0.504 e. The predicted molar refractivity (Wildman–Crippen MR) is 133 cm³/mol. The van der Waals surface area contributed by atoms with E-state index in [2.05, 4.69) is 5.32 Å². The highest BCUT2D eigenvalue weighted by atomic mass is 19.4. The van der Waals surface area contributed by atoms with E-state index < -0.39 is 58.5 Å². The lowest BCUT2D eigenvalue weighted by Crippen LogP contribution is -2.53. The molecule has 1 heterocycles. The zero-order chi connectivity index (χ0) is 31.0. The normalized spacial score (nSPS) is 18.9. The summed E-state index contributed by atoms with van der Waals surface area (Å²) in [5.41, 5.74) is -7.62. The van der Waals surface area contributed by atoms with Crippen molar-refractivity contribution in [2.75, 3.05) is 6.61 Å². The number of ether oxygens (including phenoxy) is 1. The molecule has 2 aromatic carbocycles. The van der Waals surface area contributed by atoms with Crippen LogP contribution in [0.15, 0.2) is 36.4 Å². The lowest BCUT2D eigenvalue weighted by atomic mass is 9.90. The highest BCUT2D eigenvalue weighted by Gasteiger charge is 2.71. The van der Waals surface area contributed by atoms with Gasteiger partial charge in [0.2, 0.25) is 0 Å². The van der Waals surface area contributed by atoms with Crippen LogP contribution in [0.4, 0.5) is 31.1 Å². The lowest BCUT2D eigenvalue weighted by molar-refractivity contribution is -0.376. The fourth-order valence-corrected chi connectivity index (χ4v) is 4.68. The maximum absolute atomic E-state index is 13.3. The van der Waals surface area contributed by atoms with E-state index in [1.807, 2.05) is 0 Å². The van der Waals surface area contributed by atoms with Gasteiger partial charge in [-0.05, 0) is 68.5 Å². The fraction of sp³-hybridized carbons (Fsp3) is 0.481. The minimum absolute atomic E-state index is 0.0318. The molecule has 0 saturated carbocycles. The summed E-state index contributed by atoms with van der Waals surface area (Å²) in [5.74, 6) is -1.41. The van der Waals surface area contributed by atoms with Crippen LogP contribution in [0.3, 0.4) is 0 Å². The number of urea groups is 1. The number of rotatable bonds is 10. The predicted octanol–water partition coefficient (Wildman–Crippen LogP) is 5.38. The number of hydrogen-bond donors (Lipinski definition) is 4. The SMILES string of the molecule is CCCc1cc(C(O)(C(F)(F)F)C(F)(F)F)ccc1OCCCC(C)N1C(=O)NC(C)(c2ccc(O)c(O)c2)C1=O. The van der Waals surface area contributed by atoms with Gasteiger partial charge < -0.3 is 25.4 Å². The topological polar surface area (TPSA) is 119 Å². The van der Waals surface area contributed by atoms with Crippen LogP contribution in [-0.2, 0) is 22.4 Å². The van der Waals surface area contributed by atoms with Crippen molar-refractivity contribution in [3.8, 4) is 17.2 Å². The molecule has 1 fully saturated rings. The molecule has 0 aliphatic carbocycles. The van der Waals surface area contributed by atoms with Crippen LogP contribution >= 0.6 is 0 Å².